The first-order valence-electron chi connectivity index (χ1n) is 4.03. The van der Waals surface area contributed by atoms with Crippen LogP contribution in [0.2, 0.25) is 0 Å². The van der Waals surface area contributed by atoms with Crippen molar-refractivity contribution in [3.05, 3.63) is 51.4 Å². The van der Waals surface area contributed by atoms with Crippen molar-refractivity contribution in [2.24, 2.45) is 0 Å². The highest BCUT2D eigenvalue weighted by Crippen LogP contribution is 2.17. The predicted octanol–water partition coefficient (Wildman–Crippen LogP) is 2.68. The molecule has 0 radical (unpaired) electrons. The number of nitro groups is 1. The molecular formula is C9H9FN2O2S. The summed E-state index contributed by atoms with van der Waals surface area (Å²) in [5, 5.41) is 13.4. The third-order valence-corrected chi connectivity index (χ3v) is 2.20. The molecule has 0 bridgehead atoms. The summed E-state index contributed by atoms with van der Waals surface area (Å²) >= 11 is 1.21. The molecule has 0 saturated heterocycles. The maximum absolute atomic E-state index is 12.6. The van der Waals surface area contributed by atoms with E-state index in [2.05, 4.69) is 5.32 Å². The van der Waals surface area contributed by atoms with Crippen LogP contribution < -0.4 is 5.32 Å². The Hall–Kier alpha value is -1.56. The highest BCUT2D eigenvalue weighted by atomic mass is 32.2. The average Bonchev–Trinajstić information content (AvgIpc) is 2.19. The number of nitrogens with zero attached hydrogens (tertiary/aromatic N) is 1. The molecule has 4 nitrogen and oxygen atoms in total. The fraction of sp³-hybridized carbons (Fsp3) is 0.111. The number of halogens is 1. The van der Waals surface area contributed by atoms with E-state index in [9.17, 15) is 14.5 Å². The number of benzene rings is 1. The van der Waals surface area contributed by atoms with Crippen LogP contribution in [0.4, 0.5) is 10.1 Å². The van der Waals surface area contributed by atoms with E-state index in [4.69, 9.17) is 0 Å². The molecule has 1 N–H and O–H groups in total. The van der Waals surface area contributed by atoms with Crippen LogP contribution in [0.15, 0.2) is 35.5 Å². The molecule has 1 aromatic rings. The van der Waals surface area contributed by atoms with Gasteiger partial charge < -0.3 is 5.32 Å². The maximum Gasteiger partial charge on any atom is 0.264 e. The molecule has 0 aliphatic rings. The zero-order valence-electron chi connectivity index (χ0n) is 7.94. The number of nitrogens with one attached hydrogen (secondary N) is 1. The molecule has 6 heteroatoms. The average molecular weight is 228 g/mol. The first-order valence-corrected chi connectivity index (χ1v) is 5.26. The van der Waals surface area contributed by atoms with Crippen LogP contribution in [0.25, 0.3) is 0 Å². The lowest BCUT2D eigenvalue weighted by Crippen LogP contribution is -1.98. The Morgan fingerprint density at radius 1 is 1.53 bits per heavy atom. The van der Waals surface area contributed by atoms with E-state index in [1.807, 2.05) is 0 Å². The topological polar surface area (TPSA) is 55.2 Å². The van der Waals surface area contributed by atoms with Crippen molar-refractivity contribution in [1.29, 1.82) is 0 Å². The van der Waals surface area contributed by atoms with Crippen LogP contribution in [-0.4, -0.2) is 11.2 Å². The molecular weight excluding hydrogens is 219 g/mol. The third kappa shape index (κ3) is 3.99. The number of anilines is 1. The largest absolute Gasteiger partial charge is 0.345 e. The summed E-state index contributed by atoms with van der Waals surface area (Å²) in [6, 6.07) is 5.59. The molecule has 0 aliphatic heterocycles. The highest BCUT2D eigenvalue weighted by Gasteiger charge is 2.01. The molecule has 1 rings (SSSR count). The number of rotatable bonds is 4. The fourth-order valence-corrected chi connectivity index (χ4v) is 1.32. The summed E-state index contributed by atoms with van der Waals surface area (Å²) in [6.45, 7) is 0. The van der Waals surface area contributed by atoms with Gasteiger partial charge in [0, 0.05) is 5.69 Å². The number of thioether (sulfide) groups is 1. The third-order valence-electron chi connectivity index (χ3n) is 1.55. The Morgan fingerprint density at radius 3 is 2.60 bits per heavy atom. The van der Waals surface area contributed by atoms with Crippen LogP contribution in [0.1, 0.15) is 0 Å². The van der Waals surface area contributed by atoms with Crippen molar-refractivity contribution in [2.75, 3.05) is 11.6 Å². The molecule has 0 unspecified atom stereocenters. The van der Waals surface area contributed by atoms with Crippen LogP contribution >= 0.6 is 11.8 Å². The van der Waals surface area contributed by atoms with Crippen molar-refractivity contribution in [3.8, 4) is 0 Å². The summed E-state index contributed by atoms with van der Waals surface area (Å²) in [6.07, 6.45) is 2.58. The zero-order chi connectivity index (χ0) is 11.3. The monoisotopic (exact) mass is 228 g/mol. The van der Waals surface area contributed by atoms with Gasteiger partial charge in [-0.2, -0.15) is 0 Å². The lowest BCUT2D eigenvalue weighted by atomic mass is 10.3. The Bertz CT molecular complexity index is 378. The van der Waals surface area contributed by atoms with Crippen LogP contribution in [0.5, 0.6) is 0 Å². The Morgan fingerprint density at radius 2 is 2.13 bits per heavy atom. The number of hydrogen-bond donors (Lipinski definition) is 1. The Labute approximate surface area is 90.3 Å². The van der Waals surface area contributed by atoms with Crippen molar-refractivity contribution < 1.29 is 9.31 Å². The van der Waals surface area contributed by atoms with Crippen molar-refractivity contribution in [1.82, 2.24) is 0 Å². The second-order valence-corrected chi connectivity index (χ2v) is 3.46. The van der Waals surface area contributed by atoms with Gasteiger partial charge in [0.1, 0.15) is 10.8 Å². The van der Waals surface area contributed by atoms with Crippen LogP contribution in [0, 0.1) is 15.9 Å². The summed E-state index contributed by atoms with van der Waals surface area (Å²) in [5.41, 5.74) is 0.610. The SMILES string of the molecule is CSC(=C[N+](=O)[O-])Nc1ccc(F)cc1. The minimum Gasteiger partial charge on any atom is -0.345 e. The normalized spacial score (nSPS) is 11.2. The number of hydrogen-bond acceptors (Lipinski definition) is 4. The van der Waals surface area contributed by atoms with E-state index >= 15 is 0 Å². The molecule has 1 aromatic carbocycles. The maximum atomic E-state index is 12.6. The molecule has 0 aliphatic carbocycles. The first kappa shape index (κ1) is 11.5. The van der Waals surface area contributed by atoms with Crippen LogP contribution in [0.3, 0.4) is 0 Å². The molecule has 80 valence electrons. The molecule has 15 heavy (non-hydrogen) atoms. The Balaban J connectivity index is 2.75. The van der Waals surface area contributed by atoms with Gasteiger partial charge in [0.25, 0.3) is 6.20 Å². The fourth-order valence-electron chi connectivity index (χ4n) is 0.907. The van der Waals surface area contributed by atoms with Gasteiger partial charge in [-0.1, -0.05) is 0 Å². The molecule has 0 saturated carbocycles. The first-order chi connectivity index (χ1) is 7.11. The quantitative estimate of drug-likeness (QED) is 0.635. The lowest BCUT2D eigenvalue weighted by Gasteiger charge is -2.05. The molecule has 0 atom stereocenters. The zero-order valence-corrected chi connectivity index (χ0v) is 8.75. The Kier molecular flexibility index (Phi) is 4.11. The van der Waals surface area contributed by atoms with E-state index in [1.54, 1.807) is 6.26 Å². The highest BCUT2D eigenvalue weighted by molar-refractivity contribution is 8.02. The summed E-state index contributed by atoms with van der Waals surface area (Å²) in [7, 11) is 0. The summed E-state index contributed by atoms with van der Waals surface area (Å²) in [4.78, 5) is 9.69. The minimum atomic E-state index is -0.539. The summed E-state index contributed by atoms with van der Waals surface area (Å²) < 4.78 is 12.6. The predicted molar refractivity (Wildman–Crippen MR) is 58.6 cm³/mol. The standard InChI is InChI=1S/C9H9FN2O2S/c1-15-9(6-12(13)14)11-8-4-2-7(10)3-5-8/h2-6,11H,1H3. The van der Waals surface area contributed by atoms with Gasteiger partial charge in [0.05, 0.1) is 4.92 Å². The van der Waals surface area contributed by atoms with Gasteiger partial charge in [-0.15, -0.1) is 11.8 Å². The summed E-state index contributed by atoms with van der Waals surface area (Å²) in [5.74, 6) is -0.343. The second kappa shape index (κ2) is 5.35. The molecule has 0 amide bonds. The van der Waals surface area contributed by atoms with Gasteiger partial charge in [-0.3, -0.25) is 10.1 Å². The van der Waals surface area contributed by atoms with E-state index in [0.717, 1.165) is 6.20 Å². The van der Waals surface area contributed by atoms with Crippen LogP contribution in [-0.2, 0) is 0 Å². The second-order valence-electron chi connectivity index (χ2n) is 2.61. The van der Waals surface area contributed by atoms with Gasteiger partial charge in [-0.25, -0.2) is 4.39 Å². The van der Waals surface area contributed by atoms with Gasteiger partial charge in [-0.05, 0) is 30.5 Å². The van der Waals surface area contributed by atoms with Gasteiger partial charge in [0.2, 0.25) is 0 Å². The van der Waals surface area contributed by atoms with E-state index < -0.39 is 4.92 Å². The van der Waals surface area contributed by atoms with Crippen molar-refractivity contribution >= 4 is 17.4 Å². The lowest BCUT2D eigenvalue weighted by molar-refractivity contribution is -0.402. The minimum absolute atomic E-state index is 0.343. The molecule has 0 fully saturated rings. The molecule has 0 spiro atoms. The van der Waals surface area contributed by atoms with Gasteiger partial charge in [0.15, 0.2) is 0 Å². The molecule has 0 aromatic heterocycles. The molecule has 0 heterocycles. The van der Waals surface area contributed by atoms with Crippen molar-refractivity contribution in [2.45, 2.75) is 0 Å². The van der Waals surface area contributed by atoms with E-state index in [-0.39, 0.29) is 5.82 Å². The van der Waals surface area contributed by atoms with Crippen molar-refractivity contribution in [3.63, 3.8) is 0 Å². The van der Waals surface area contributed by atoms with Gasteiger partial charge >= 0.3 is 0 Å². The smallest absolute Gasteiger partial charge is 0.264 e. The van der Waals surface area contributed by atoms with E-state index in [0.29, 0.717) is 10.7 Å². The van der Waals surface area contributed by atoms with E-state index in [1.165, 1.54) is 36.0 Å².